The number of anilines is 3. The largest absolute Gasteiger partial charge is 0.478 e. The van der Waals surface area contributed by atoms with Gasteiger partial charge in [-0.05, 0) is 30.3 Å². The number of carboxylic acids is 1. The third-order valence-corrected chi connectivity index (χ3v) is 5.00. The summed E-state index contributed by atoms with van der Waals surface area (Å²) in [5, 5.41) is 12.3. The lowest BCUT2D eigenvalue weighted by Crippen LogP contribution is -2.46. The molecule has 154 valence electrons. The van der Waals surface area contributed by atoms with Gasteiger partial charge >= 0.3 is 5.97 Å². The van der Waals surface area contributed by atoms with Gasteiger partial charge in [0.1, 0.15) is 5.82 Å². The number of halogens is 1. The molecule has 0 saturated carbocycles. The second-order valence-corrected chi connectivity index (χ2v) is 8.16. The molecule has 2 aromatic carbocycles. The Kier molecular flexibility index (Phi) is 5.77. The minimum absolute atomic E-state index is 0.0524. The van der Waals surface area contributed by atoms with Gasteiger partial charge in [0.15, 0.2) is 0 Å². The van der Waals surface area contributed by atoms with Gasteiger partial charge < -0.3 is 20.2 Å². The van der Waals surface area contributed by atoms with Crippen LogP contribution in [0.5, 0.6) is 0 Å². The van der Waals surface area contributed by atoms with Crippen LogP contribution in [0.15, 0.2) is 42.5 Å². The number of carbonyl (C=O) groups is 2. The summed E-state index contributed by atoms with van der Waals surface area (Å²) < 4.78 is 14.0. The minimum Gasteiger partial charge on any atom is -0.478 e. The number of hydrogen-bond acceptors (Lipinski definition) is 4. The van der Waals surface area contributed by atoms with Crippen molar-refractivity contribution in [3.8, 4) is 0 Å². The molecule has 0 unspecified atom stereocenters. The van der Waals surface area contributed by atoms with E-state index in [4.69, 9.17) is 0 Å². The number of carboxylic acid groups (broad SMARTS) is 1. The molecule has 0 aliphatic carbocycles. The average Bonchev–Trinajstić information content (AvgIpc) is 2.68. The molecule has 1 fully saturated rings. The number of carbonyl (C=O) groups excluding carboxylic acids is 1. The van der Waals surface area contributed by atoms with E-state index in [1.165, 1.54) is 6.07 Å². The molecule has 0 aromatic heterocycles. The molecular weight excluding hydrogens is 373 g/mol. The third kappa shape index (κ3) is 4.67. The van der Waals surface area contributed by atoms with Crippen LogP contribution in [0.1, 0.15) is 31.1 Å². The molecule has 7 heteroatoms. The highest BCUT2D eigenvalue weighted by atomic mass is 19.1. The monoisotopic (exact) mass is 399 g/mol. The fourth-order valence-electron chi connectivity index (χ4n) is 3.24. The molecule has 1 aliphatic rings. The Morgan fingerprint density at radius 1 is 1.00 bits per heavy atom. The second kappa shape index (κ2) is 8.11. The Morgan fingerprint density at radius 2 is 1.62 bits per heavy atom. The van der Waals surface area contributed by atoms with Gasteiger partial charge in [-0.15, -0.1) is 0 Å². The summed E-state index contributed by atoms with van der Waals surface area (Å²) in [6, 6.07) is 11.7. The number of piperazine rings is 1. The normalized spacial score (nSPS) is 14.6. The van der Waals surface area contributed by atoms with Gasteiger partial charge in [-0.2, -0.15) is 0 Å². The van der Waals surface area contributed by atoms with E-state index >= 15 is 0 Å². The van der Waals surface area contributed by atoms with Gasteiger partial charge in [0.25, 0.3) is 0 Å². The Hall–Kier alpha value is -3.09. The van der Waals surface area contributed by atoms with Crippen LogP contribution in [-0.4, -0.2) is 43.2 Å². The highest BCUT2D eigenvalue weighted by Gasteiger charge is 2.25. The van der Waals surface area contributed by atoms with Crippen molar-refractivity contribution in [2.75, 3.05) is 41.3 Å². The van der Waals surface area contributed by atoms with Crippen molar-refractivity contribution >= 4 is 28.9 Å². The zero-order valence-corrected chi connectivity index (χ0v) is 16.9. The van der Waals surface area contributed by atoms with Crippen molar-refractivity contribution in [2.45, 2.75) is 20.8 Å². The lowest BCUT2D eigenvalue weighted by Gasteiger charge is -2.37. The van der Waals surface area contributed by atoms with Crippen molar-refractivity contribution < 1.29 is 19.1 Å². The van der Waals surface area contributed by atoms with E-state index in [-0.39, 0.29) is 23.0 Å². The van der Waals surface area contributed by atoms with E-state index in [0.29, 0.717) is 31.9 Å². The molecule has 6 nitrogen and oxygen atoms in total. The Bertz CT molecular complexity index is 916. The summed E-state index contributed by atoms with van der Waals surface area (Å²) in [6.07, 6.45) is 0. The molecule has 2 aromatic rings. The van der Waals surface area contributed by atoms with E-state index in [2.05, 4.69) is 10.2 Å². The standard InChI is InChI=1S/C22H26FN3O3/c1-22(2,3)21(29)24-18-9-8-15(14-16(18)20(27)28)25-10-12-26(13-11-25)19-7-5-4-6-17(19)23/h4-9,14H,10-13H2,1-3H3,(H,24,29)(H,27,28). The topological polar surface area (TPSA) is 72.9 Å². The molecule has 1 amide bonds. The number of nitrogens with one attached hydrogen (secondary N) is 1. The zero-order valence-electron chi connectivity index (χ0n) is 16.9. The van der Waals surface area contributed by atoms with Crippen molar-refractivity contribution in [1.29, 1.82) is 0 Å². The Labute approximate surface area is 169 Å². The van der Waals surface area contributed by atoms with Crippen LogP contribution in [0.25, 0.3) is 0 Å². The maximum Gasteiger partial charge on any atom is 0.337 e. The lowest BCUT2D eigenvalue weighted by molar-refractivity contribution is -0.123. The van der Waals surface area contributed by atoms with Gasteiger partial charge in [-0.3, -0.25) is 4.79 Å². The molecule has 1 saturated heterocycles. The summed E-state index contributed by atoms with van der Waals surface area (Å²) in [5.74, 6) is -1.58. The predicted molar refractivity (Wildman–Crippen MR) is 112 cm³/mol. The molecule has 29 heavy (non-hydrogen) atoms. The van der Waals surface area contributed by atoms with E-state index in [9.17, 15) is 19.1 Å². The van der Waals surface area contributed by atoms with E-state index < -0.39 is 11.4 Å². The maximum atomic E-state index is 14.0. The predicted octanol–water partition coefficient (Wildman–Crippen LogP) is 3.84. The van der Waals surface area contributed by atoms with Crippen molar-refractivity contribution in [2.24, 2.45) is 5.41 Å². The van der Waals surface area contributed by atoms with Crippen LogP contribution >= 0.6 is 0 Å². The number of nitrogens with zero attached hydrogens (tertiary/aromatic N) is 2. The molecule has 0 radical (unpaired) electrons. The van der Waals surface area contributed by atoms with Crippen LogP contribution in [0, 0.1) is 11.2 Å². The van der Waals surface area contributed by atoms with Gasteiger partial charge in [-0.25, -0.2) is 9.18 Å². The smallest absolute Gasteiger partial charge is 0.337 e. The summed E-state index contributed by atoms with van der Waals surface area (Å²) >= 11 is 0. The fraction of sp³-hybridized carbons (Fsp3) is 0.364. The van der Waals surface area contributed by atoms with Crippen LogP contribution < -0.4 is 15.1 Å². The number of rotatable bonds is 4. The molecule has 0 bridgehead atoms. The first-order valence-electron chi connectivity index (χ1n) is 9.60. The van der Waals surface area contributed by atoms with Crippen LogP contribution in [0.4, 0.5) is 21.5 Å². The number of amides is 1. The highest BCUT2D eigenvalue weighted by molar-refractivity contribution is 6.02. The van der Waals surface area contributed by atoms with Crippen LogP contribution in [-0.2, 0) is 4.79 Å². The van der Waals surface area contributed by atoms with E-state index in [1.54, 1.807) is 45.0 Å². The first-order valence-corrected chi connectivity index (χ1v) is 9.60. The molecule has 1 aliphatic heterocycles. The van der Waals surface area contributed by atoms with Crippen LogP contribution in [0.3, 0.4) is 0 Å². The highest BCUT2D eigenvalue weighted by Crippen LogP contribution is 2.27. The number of para-hydroxylation sites is 1. The summed E-state index contributed by atoms with van der Waals surface area (Å²) in [7, 11) is 0. The molecule has 0 atom stereocenters. The third-order valence-electron chi connectivity index (χ3n) is 5.00. The minimum atomic E-state index is -1.10. The lowest BCUT2D eigenvalue weighted by atomic mass is 9.95. The molecular formula is C22H26FN3O3. The quantitative estimate of drug-likeness (QED) is 0.817. The molecule has 3 rings (SSSR count). The Balaban J connectivity index is 1.75. The van der Waals surface area contributed by atoms with Crippen molar-refractivity contribution in [3.05, 3.63) is 53.8 Å². The number of benzene rings is 2. The van der Waals surface area contributed by atoms with E-state index in [1.807, 2.05) is 17.0 Å². The summed E-state index contributed by atoms with van der Waals surface area (Å²) in [5.41, 5.74) is 1.06. The number of aromatic carboxylic acids is 1. The van der Waals surface area contributed by atoms with Gasteiger partial charge in [-0.1, -0.05) is 32.9 Å². The SMILES string of the molecule is CC(C)(C)C(=O)Nc1ccc(N2CCN(c3ccccc3F)CC2)cc1C(=O)O. The average molecular weight is 399 g/mol. The van der Waals surface area contributed by atoms with Gasteiger partial charge in [0, 0.05) is 37.3 Å². The molecule has 2 N–H and O–H groups in total. The van der Waals surface area contributed by atoms with E-state index in [0.717, 1.165) is 5.69 Å². The Morgan fingerprint density at radius 3 is 2.21 bits per heavy atom. The van der Waals surface area contributed by atoms with Crippen molar-refractivity contribution in [1.82, 2.24) is 0 Å². The second-order valence-electron chi connectivity index (χ2n) is 8.16. The van der Waals surface area contributed by atoms with Crippen LogP contribution in [0.2, 0.25) is 0 Å². The zero-order chi connectivity index (χ0) is 21.2. The van der Waals surface area contributed by atoms with Gasteiger partial charge in [0.2, 0.25) is 5.91 Å². The van der Waals surface area contributed by atoms with Gasteiger partial charge in [0.05, 0.1) is 16.9 Å². The van der Waals surface area contributed by atoms with Crippen molar-refractivity contribution in [3.63, 3.8) is 0 Å². The first-order chi connectivity index (χ1) is 13.7. The summed E-state index contributed by atoms with van der Waals surface area (Å²) in [6.45, 7) is 7.85. The molecule has 0 spiro atoms. The maximum absolute atomic E-state index is 14.0. The number of hydrogen-bond donors (Lipinski definition) is 2. The summed E-state index contributed by atoms with van der Waals surface area (Å²) in [4.78, 5) is 28.0. The fourth-order valence-corrected chi connectivity index (χ4v) is 3.24. The molecule has 1 heterocycles. The first kappa shape index (κ1) is 20.6.